The van der Waals surface area contributed by atoms with Gasteiger partial charge in [0.15, 0.2) is 0 Å². The number of carboxylic acid groups (broad SMARTS) is 1. The van der Waals surface area contributed by atoms with Crippen LogP contribution in [0.1, 0.15) is 46.5 Å². The molecule has 0 aliphatic heterocycles. The first-order valence-corrected chi connectivity index (χ1v) is 7.56. The maximum absolute atomic E-state index is 12.1. The minimum Gasteiger partial charge on any atom is -0.481 e. The molecular formula is C15H28N2O3. The lowest BCUT2D eigenvalue weighted by Crippen LogP contribution is -2.45. The SMILES string of the molecule is CC(C)CC(C)N(C)C(=O)NCC1CCCC1C(=O)O. The Morgan fingerprint density at radius 1 is 1.30 bits per heavy atom. The quantitative estimate of drug-likeness (QED) is 0.787. The fourth-order valence-electron chi connectivity index (χ4n) is 2.99. The lowest BCUT2D eigenvalue weighted by atomic mass is 9.96. The highest BCUT2D eigenvalue weighted by molar-refractivity contribution is 5.74. The monoisotopic (exact) mass is 284 g/mol. The number of carboxylic acids is 1. The lowest BCUT2D eigenvalue weighted by molar-refractivity contribution is -0.142. The predicted octanol–water partition coefficient (Wildman–Crippen LogP) is 2.56. The van der Waals surface area contributed by atoms with Crippen LogP contribution in [0.25, 0.3) is 0 Å². The van der Waals surface area contributed by atoms with E-state index in [1.54, 1.807) is 11.9 Å². The van der Waals surface area contributed by atoms with E-state index in [4.69, 9.17) is 5.11 Å². The first-order chi connectivity index (χ1) is 9.32. The summed E-state index contributed by atoms with van der Waals surface area (Å²) in [6.07, 6.45) is 3.53. The van der Waals surface area contributed by atoms with Gasteiger partial charge in [-0.3, -0.25) is 4.79 Å². The molecule has 2 amide bonds. The zero-order valence-electron chi connectivity index (χ0n) is 13.1. The van der Waals surface area contributed by atoms with E-state index in [2.05, 4.69) is 19.2 Å². The van der Waals surface area contributed by atoms with Gasteiger partial charge in [0.2, 0.25) is 0 Å². The molecule has 0 bridgehead atoms. The van der Waals surface area contributed by atoms with Gasteiger partial charge in [-0.25, -0.2) is 4.79 Å². The molecule has 5 heteroatoms. The van der Waals surface area contributed by atoms with E-state index in [0.29, 0.717) is 12.5 Å². The Labute approximate surface area is 121 Å². The fraction of sp³-hybridized carbons (Fsp3) is 0.867. The number of urea groups is 1. The maximum Gasteiger partial charge on any atom is 0.317 e. The van der Waals surface area contributed by atoms with Crippen molar-refractivity contribution in [2.45, 2.75) is 52.5 Å². The molecule has 3 atom stereocenters. The van der Waals surface area contributed by atoms with Gasteiger partial charge >= 0.3 is 12.0 Å². The van der Waals surface area contributed by atoms with Crippen LogP contribution in [0, 0.1) is 17.8 Å². The summed E-state index contributed by atoms with van der Waals surface area (Å²) in [6.45, 7) is 6.78. The fourth-order valence-corrected chi connectivity index (χ4v) is 2.99. The summed E-state index contributed by atoms with van der Waals surface area (Å²) in [6, 6.07) is 0.0861. The van der Waals surface area contributed by atoms with Crippen LogP contribution < -0.4 is 5.32 Å². The Morgan fingerprint density at radius 2 is 1.95 bits per heavy atom. The third-order valence-electron chi connectivity index (χ3n) is 4.29. The standard InChI is InChI=1S/C15H28N2O3/c1-10(2)8-11(3)17(4)15(20)16-9-12-6-5-7-13(12)14(18)19/h10-13H,5-9H2,1-4H3,(H,16,20)(H,18,19). The van der Waals surface area contributed by atoms with Crippen molar-refractivity contribution in [3.05, 3.63) is 0 Å². The van der Waals surface area contributed by atoms with Gasteiger partial charge in [-0.1, -0.05) is 20.3 Å². The summed E-state index contributed by atoms with van der Waals surface area (Å²) in [5.41, 5.74) is 0. The van der Waals surface area contributed by atoms with Gasteiger partial charge in [0.1, 0.15) is 0 Å². The third kappa shape index (κ3) is 4.69. The van der Waals surface area contributed by atoms with Gasteiger partial charge in [-0.2, -0.15) is 0 Å². The molecule has 0 spiro atoms. The van der Waals surface area contributed by atoms with Gasteiger partial charge in [-0.15, -0.1) is 0 Å². The van der Waals surface area contributed by atoms with Crippen molar-refractivity contribution < 1.29 is 14.7 Å². The number of carbonyl (C=O) groups is 2. The van der Waals surface area contributed by atoms with Crippen LogP contribution >= 0.6 is 0 Å². The number of carbonyl (C=O) groups excluding carboxylic acids is 1. The summed E-state index contributed by atoms with van der Waals surface area (Å²) in [4.78, 5) is 24.9. The molecule has 0 heterocycles. The predicted molar refractivity (Wildman–Crippen MR) is 78.5 cm³/mol. The van der Waals surface area contributed by atoms with Gasteiger partial charge in [0.05, 0.1) is 5.92 Å². The molecule has 1 rings (SSSR count). The van der Waals surface area contributed by atoms with Crippen molar-refractivity contribution in [2.75, 3.05) is 13.6 Å². The van der Waals surface area contributed by atoms with Crippen molar-refractivity contribution in [3.8, 4) is 0 Å². The minimum atomic E-state index is -0.733. The van der Waals surface area contributed by atoms with Crippen molar-refractivity contribution >= 4 is 12.0 Å². The molecule has 0 radical (unpaired) electrons. The van der Waals surface area contributed by atoms with Crippen molar-refractivity contribution in [3.63, 3.8) is 0 Å². The van der Waals surface area contributed by atoms with E-state index in [1.165, 1.54) is 0 Å². The minimum absolute atomic E-state index is 0.0743. The molecule has 1 fully saturated rings. The van der Waals surface area contributed by atoms with Crippen LogP contribution in [0.3, 0.4) is 0 Å². The normalized spacial score (nSPS) is 23.6. The highest BCUT2D eigenvalue weighted by Crippen LogP contribution is 2.31. The highest BCUT2D eigenvalue weighted by Gasteiger charge is 2.33. The largest absolute Gasteiger partial charge is 0.481 e. The molecule has 1 saturated carbocycles. The third-order valence-corrected chi connectivity index (χ3v) is 4.29. The van der Waals surface area contributed by atoms with Crippen LogP contribution in [0.5, 0.6) is 0 Å². The molecule has 0 saturated heterocycles. The maximum atomic E-state index is 12.1. The molecule has 0 aromatic carbocycles. The number of aliphatic carboxylic acids is 1. The summed E-state index contributed by atoms with van der Waals surface area (Å²) >= 11 is 0. The Kier molecular flexibility index (Phi) is 6.30. The van der Waals surface area contributed by atoms with Crippen LogP contribution in [0.15, 0.2) is 0 Å². The number of hydrogen-bond donors (Lipinski definition) is 2. The number of nitrogens with one attached hydrogen (secondary N) is 1. The van der Waals surface area contributed by atoms with E-state index in [-0.39, 0.29) is 23.9 Å². The Morgan fingerprint density at radius 3 is 2.50 bits per heavy atom. The van der Waals surface area contributed by atoms with Crippen LogP contribution in [0.4, 0.5) is 4.79 Å². The summed E-state index contributed by atoms with van der Waals surface area (Å²) in [5.74, 6) is -0.409. The molecule has 1 aliphatic carbocycles. The highest BCUT2D eigenvalue weighted by atomic mass is 16.4. The summed E-state index contributed by atoms with van der Waals surface area (Å²) in [7, 11) is 1.80. The molecule has 5 nitrogen and oxygen atoms in total. The zero-order valence-corrected chi connectivity index (χ0v) is 13.1. The van der Waals surface area contributed by atoms with E-state index < -0.39 is 5.97 Å². The number of hydrogen-bond acceptors (Lipinski definition) is 2. The van der Waals surface area contributed by atoms with Crippen LogP contribution in [-0.4, -0.2) is 41.6 Å². The molecule has 1 aliphatic rings. The second kappa shape index (κ2) is 7.50. The second-order valence-electron chi connectivity index (χ2n) is 6.41. The molecule has 0 aromatic rings. The topological polar surface area (TPSA) is 69.6 Å². The number of rotatable bonds is 6. The second-order valence-corrected chi connectivity index (χ2v) is 6.41. The smallest absolute Gasteiger partial charge is 0.317 e. The average molecular weight is 284 g/mol. The van der Waals surface area contributed by atoms with E-state index in [0.717, 1.165) is 25.7 Å². The van der Waals surface area contributed by atoms with Gasteiger partial charge < -0.3 is 15.3 Å². The Bertz CT molecular complexity index is 344. The molecular weight excluding hydrogens is 256 g/mol. The summed E-state index contributed by atoms with van der Waals surface area (Å²) in [5, 5.41) is 12.0. The number of nitrogens with zero attached hydrogens (tertiary/aromatic N) is 1. The molecule has 2 N–H and O–H groups in total. The van der Waals surface area contributed by atoms with Crippen LogP contribution in [-0.2, 0) is 4.79 Å². The van der Waals surface area contributed by atoms with Gasteiger partial charge in [-0.05, 0) is 38.0 Å². The van der Waals surface area contributed by atoms with Gasteiger partial charge in [0, 0.05) is 19.6 Å². The van der Waals surface area contributed by atoms with Crippen LogP contribution in [0.2, 0.25) is 0 Å². The van der Waals surface area contributed by atoms with E-state index in [9.17, 15) is 9.59 Å². The Balaban J connectivity index is 2.40. The molecule has 116 valence electrons. The number of amides is 2. The Hall–Kier alpha value is -1.26. The summed E-state index contributed by atoms with van der Waals surface area (Å²) < 4.78 is 0. The average Bonchev–Trinajstić information content (AvgIpc) is 2.82. The van der Waals surface area contributed by atoms with Crippen molar-refractivity contribution in [1.29, 1.82) is 0 Å². The zero-order chi connectivity index (χ0) is 15.3. The van der Waals surface area contributed by atoms with Crippen molar-refractivity contribution in [1.82, 2.24) is 10.2 Å². The molecule has 0 aromatic heterocycles. The molecule has 20 heavy (non-hydrogen) atoms. The lowest BCUT2D eigenvalue weighted by Gasteiger charge is -2.27. The van der Waals surface area contributed by atoms with Crippen molar-refractivity contribution in [2.24, 2.45) is 17.8 Å². The van der Waals surface area contributed by atoms with Gasteiger partial charge in [0.25, 0.3) is 0 Å². The first kappa shape index (κ1) is 16.8. The van der Waals surface area contributed by atoms with E-state index >= 15 is 0 Å². The van der Waals surface area contributed by atoms with E-state index in [1.807, 2.05) is 6.92 Å². The first-order valence-electron chi connectivity index (χ1n) is 7.56. The molecule has 3 unspecified atom stereocenters.